The number of carbonyl (C=O) groups excluding carboxylic acids is 1. The van der Waals surface area contributed by atoms with Gasteiger partial charge in [-0.2, -0.15) is 0 Å². The number of hydrogen-bond acceptors (Lipinski definition) is 2. The Morgan fingerprint density at radius 1 is 1.16 bits per heavy atom. The lowest BCUT2D eigenvalue weighted by Gasteiger charge is -2.07. The monoisotopic (exact) mass is 340 g/mol. The normalized spacial score (nSPS) is 11.0. The van der Waals surface area contributed by atoms with Gasteiger partial charge in [0.15, 0.2) is 0 Å². The zero-order valence-corrected chi connectivity index (χ0v) is 13.9. The van der Waals surface area contributed by atoms with Crippen LogP contribution in [0.5, 0.6) is 0 Å². The molecule has 5 heteroatoms. The molecule has 1 heterocycles. The van der Waals surface area contributed by atoms with Crippen LogP contribution in [0, 0.1) is 5.82 Å². The van der Waals surface area contributed by atoms with Gasteiger partial charge in [-0.25, -0.2) is 4.39 Å². The average Bonchev–Trinajstić information content (AvgIpc) is 3.04. The van der Waals surface area contributed by atoms with E-state index in [9.17, 15) is 9.18 Å². The van der Waals surface area contributed by atoms with Crippen molar-refractivity contribution in [3.63, 3.8) is 0 Å². The Kier molecular flexibility index (Phi) is 5.46. The second-order valence-electron chi connectivity index (χ2n) is 6.07. The number of rotatable bonds is 7. The topological polar surface area (TPSA) is 65.1 Å². The van der Waals surface area contributed by atoms with Crippen LogP contribution < -0.4 is 5.32 Å². The Hall–Kier alpha value is -2.66. The molecule has 1 amide bonds. The lowest BCUT2D eigenvalue weighted by molar-refractivity contribution is -0.121. The zero-order chi connectivity index (χ0) is 17.6. The maximum atomic E-state index is 13.3. The molecule has 0 atom stereocenters. The Morgan fingerprint density at radius 2 is 2.00 bits per heavy atom. The van der Waals surface area contributed by atoms with Gasteiger partial charge in [-0.05, 0) is 42.2 Å². The van der Waals surface area contributed by atoms with Crippen molar-refractivity contribution in [1.29, 1.82) is 0 Å². The van der Waals surface area contributed by atoms with Gasteiger partial charge in [0, 0.05) is 35.6 Å². The van der Waals surface area contributed by atoms with E-state index in [1.165, 1.54) is 17.0 Å². The third kappa shape index (κ3) is 4.25. The SMILES string of the molecule is O=C(CCCc1c[nH]c2ccccc12)NCc1ccc(F)c(CO)c1. The quantitative estimate of drug-likeness (QED) is 0.617. The molecule has 1 aromatic heterocycles. The molecule has 0 bridgehead atoms. The van der Waals surface area contributed by atoms with Crippen LogP contribution in [-0.4, -0.2) is 16.0 Å². The summed E-state index contributed by atoms with van der Waals surface area (Å²) < 4.78 is 13.3. The lowest BCUT2D eigenvalue weighted by Crippen LogP contribution is -2.22. The number of aliphatic hydroxyl groups excluding tert-OH is 1. The fourth-order valence-electron chi connectivity index (χ4n) is 2.93. The summed E-state index contributed by atoms with van der Waals surface area (Å²) in [7, 11) is 0. The van der Waals surface area contributed by atoms with Gasteiger partial charge >= 0.3 is 0 Å². The molecular formula is C20H21FN2O2. The molecule has 0 aliphatic heterocycles. The van der Waals surface area contributed by atoms with Crippen LogP contribution in [0.4, 0.5) is 4.39 Å². The Balaban J connectivity index is 1.47. The van der Waals surface area contributed by atoms with Crippen LogP contribution in [0.25, 0.3) is 10.9 Å². The van der Waals surface area contributed by atoms with E-state index in [1.807, 2.05) is 24.4 Å². The van der Waals surface area contributed by atoms with Gasteiger partial charge in [-0.1, -0.05) is 24.3 Å². The van der Waals surface area contributed by atoms with Crippen LogP contribution in [-0.2, 0) is 24.4 Å². The number of halogens is 1. The summed E-state index contributed by atoms with van der Waals surface area (Å²) in [6, 6.07) is 12.6. The molecule has 0 fully saturated rings. The number of aromatic nitrogens is 1. The van der Waals surface area contributed by atoms with Crippen LogP contribution in [0.2, 0.25) is 0 Å². The Bertz CT molecular complexity index is 873. The number of hydrogen-bond donors (Lipinski definition) is 3. The largest absolute Gasteiger partial charge is 0.392 e. The first-order valence-electron chi connectivity index (χ1n) is 8.37. The lowest BCUT2D eigenvalue weighted by atomic mass is 10.1. The van der Waals surface area contributed by atoms with Crippen LogP contribution in [0.1, 0.15) is 29.5 Å². The first-order chi connectivity index (χ1) is 12.2. The second kappa shape index (κ2) is 7.94. The van der Waals surface area contributed by atoms with E-state index in [2.05, 4.69) is 16.4 Å². The number of H-pyrrole nitrogens is 1. The van der Waals surface area contributed by atoms with Gasteiger partial charge in [0.05, 0.1) is 6.61 Å². The number of para-hydroxylation sites is 1. The maximum Gasteiger partial charge on any atom is 0.220 e. The van der Waals surface area contributed by atoms with Gasteiger partial charge in [-0.3, -0.25) is 4.79 Å². The molecule has 130 valence electrons. The van der Waals surface area contributed by atoms with Crippen molar-refractivity contribution in [3.8, 4) is 0 Å². The van der Waals surface area contributed by atoms with E-state index >= 15 is 0 Å². The molecule has 2 aromatic carbocycles. The highest BCUT2D eigenvalue weighted by Crippen LogP contribution is 2.19. The van der Waals surface area contributed by atoms with E-state index in [4.69, 9.17) is 5.11 Å². The molecular weight excluding hydrogens is 319 g/mol. The number of aryl methyl sites for hydroxylation is 1. The number of aromatic amines is 1. The average molecular weight is 340 g/mol. The summed E-state index contributed by atoms with van der Waals surface area (Å²) >= 11 is 0. The summed E-state index contributed by atoms with van der Waals surface area (Å²) in [6.45, 7) is -0.0164. The second-order valence-corrected chi connectivity index (χ2v) is 6.07. The molecule has 4 nitrogen and oxygen atoms in total. The van der Waals surface area contributed by atoms with Crippen molar-refractivity contribution in [3.05, 3.63) is 71.2 Å². The molecule has 3 aromatic rings. The number of fused-ring (bicyclic) bond motifs is 1. The van der Waals surface area contributed by atoms with Gasteiger partial charge in [0.1, 0.15) is 5.82 Å². The molecule has 0 aliphatic rings. The predicted molar refractivity (Wildman–Crippen MR) is 95.4 cm³/mol. The summed E-state index contributed by atoms with van der Waals surface area (Å²) in [5, 5.41) is 13.1. The standard InChI is InChI=1S/C20H21FN2O2/c21-18-9-8-14(10-16(18)13-24)11-23-20(25)7-3-4-15-12-22-19-6-2-1-5-17(15)19/h1-2,5-6,8-10,12,22,24H,3-4,7,11,13H2,(H,23,25). The fourth-order valence-corrected chi connectivity index (χ4v) is 2.93. The van der Waals surface area contributed by atoms with E-state index in [0.29, 0.717) is 13.0 Å². The molecule has 0 saturated carbocycles. The molecule has 3 rings (SSSR count). The van der Waals surface area contributed by atoms with Crippen LogP contribution in [0.15, 0.2) is 48.7 Å². The van der Waals surface area contributed by atoms with E-state index in [1.54, 1.807) is 12.1 Å². The number of benzene rings is 2. The molecule has 0 aliphatic carbocycles. The molecule has 25 heavy (non-hydrogen) atoms. The summed E-state index contributed by atoms with van der Waals surface area (Å²) in [5.74, 6) is -0.467. The van der Waals surface area contributed by atoms with Crippen molar-refractivity contribution in [2.75, 3.05) is 0 Å². The third-order valence-corrected chi connectivity index (χ3v) is 4.30. The Morgan fingerprint density at radius 3 is 2.84 bits per heavy atom. The highest BCUT2D eigenvalue weighted by atomic mass is 19.1. The zero-order valence-electron chi connectivity index (χ0n) is 13.9. The van der Waals surface area contributed by atoms with Crippen molar-refractivity contribution >= 4 is 16.8 Å². The first-order valence-corrected chi connectivity index (χ1v) is 8.37. The molecule has 0 saturated heterocycles. The number of aliphatic hydroxyl groups is 1. The molecule has 0 unspecified atom stereocenters. The van der Waals surface area contributed by atoms with Crippen molar-refractivity contribution in [2.24, 2.45) is 0 Å². The van der Waals surface area contributed by atoms with Crippen molar-refractivity contribution in [1.82, 2.24) is 10.3 Å². The van der Waals surface area contributed by atoms with Gasteiger partial charge in [-0.15, -0.1) is 0 Å². The predicted octanol–water partition coefficient (Wildman–Crippen LogP) is 3.44. The van der Waals surface area contributed by atoms with Crippen LogP contribution >= 0.6 is 0 Å². The highest BCUT2D eigenvalue weighted by molar-refractivity contribution is 5.83. The van der Waals surface area contributed by atoms with Crippen LogP contribution in [0.3, 0.4) is 0 Å². The highest BCUT2D eigenvalue weighted by Gasteiger charge is 2.07. The van der Waals surface area contributed by atoms with E-state index in [-0.39, 0.29) is 18.1 Å². The maximum absolute atomic E-state index is 13.3. The molecule has 0 spiro atoms. The molecule has 0 radical (unpaired) electrons. The van der Waals surface area contributed by atoms with Gasteiger partial charge in [0.25, 0.3) is 0 Å². The van der Waals surface area contributed by atoms with E-state index < -0.39 is 5.82 Å². The third-order valence-electron chi connectivity index (χ3n) is 4.30. The summed E-state index contributed by atoms with van der Waals surface area (Å²) in [5.41, 5.74) is 3.34. The number of carbonyl (C=O) groups is 1. The van der Waals surface area contributed by atoms with Crippen molar-refractivity contribution < 1.29 is 14.3 Å². The summed E-state index contributed by atoms with van der Waals surface area (Å²) in [4.78, 5) is 15.2. The Labute approximate surface area is 145 Å². The van der Waals surface area contributed by atoms with Gasteiger partial charge < -0.3 is 15.4 Å². The van der Waals surface area contributed by atoms with Gasteiger partial charge in [0.2, 0.25) is 5.91 Å². The smallest absolute Gasteiger partial charge is 0.220 e. The molecule has 3 N–H and O–H groups in total. The minimum atomic E-state index is -0.434. The minimum absolute atomic E-state index is 0.0327. The number of nitrogens with one attached hydrogen (secondary N) is 2. The number of amides is 1. The van der Waals surface area contributed by atoms with E-state index in [0.717, 1.165) is 23.9 Å². The first kappa shape index (κ1) is 17.2. The summed E-state index contributed by atoms with van der Waals surface area (Å²) in [6.07, 6.45) is 4.03. The minimum Gasteiger partial charge on any atom is -0.392 e. The van der Waals surface area contributed by atoms with Crippen molar-refractivity contribution in [2.45, 2.75) is 32.4 Å². The fraction of sp³-hybridized carbons (Fsp3) is 0.250.